The molecule has 19 heavy (non-hydrogen) atoms. The van der Waals surface area contributed by atoms with E-state index < -0.39 is 0 Å². The lowest BCUT2D eigenvalue weighted by molar-refractivity contribution is 0.572. The quantitative estimate of drug-likeness (QED) is 0.835. The van der Waals surface area contributed by atoms with Crippen molar-refractivity contribution in [3.8, 4) is 0 Å². The lowest BCUT2D eigenvalue weighted by atomic mass is 10.0. The van der Waals surface area contributed by atoms with Gasteiger partial charge in [0.05, 0.1) is 0 Å². The van der Waals surface area contributed by atoms with E-state index in [1.54, 1.807) is 12.4 Å². The number of aromatic nitrogens is 2. The number of hydrogen-bond donors (Lipinski definition) is 1. The molecule has 1 aliphatic rings. The Bertz CT molecular complexity index is 470. The van der Waals surface area contributed by atoms with Crippen LogP contribution in [-0.4, -0.2) is 27.1 Å². The highest BCUT2D eigenvalue weighted by Crippen LogP contribution is 2.33. The van der Waals surface area contributed by atoms with Crippen LogP contribution >= 0.6 is 11.8 Å². The van der Waals surface area contributed by atoms with Crippen LogP contribution < -0.4 is 10.9 Å². The third kappa shape index (κ3) is 3.14. The molecule has 1 N–H and O–H groups in total. The predicted octanol–water partition coefficient (Wildman–Crippen LogP) is 2.91. The molecule has 1 heterocycles. The van der Waals surface area contributed by atoms with Crippen molar-refractivity contribution < 1.29 is 0 Å². The van der Waals surface area contributed by atoms with Crippen molar-refractivity contribution in [2.45, 2.75) is 50.3 Å². The second-order valence-electron chi connectivity index (χ2n) is 5.17. The molecule has 0 spiro atoms. The Labute approximate surface area is 119 Å². The van der Waals surface area contributed by atoms with Crippen molar-refractivity contribution in [1.82, 2.24) is 9.55 Å². The maximum absolute atomic E-state index is 12.3. The Morgan fingerprint density at radius 2 is 2.16 bits per heavy atom. The zero-order chi connectivity index (χ0) is 13.9. The molecule has 0 bridgehead atoms. The molecular formula is C14H23N3OS. The first kappa shape index (κ1) is 14.4. The maximum Gasteiger partial charge on any atom is 0.293 e. The van der Waals surface area contributed by atoms with Crippen LogP contribution in [0.25, 0.3) is 0 Å². The highest BCUT2D eigenvalue weighted by Gasteiger charge is 2.27. The van der Waals surface area contributed by atoms with Crippen molar-refractivity contribution in [2.75, 3.05) is 18.1 Å². The minimum Gasteiger partial charge on any atom is -0.364 e. The number of thioether (sulfide) groups is 1. The van der Waals surface area contributed by atoms with Crippen LogP contribution in [0.5, 0.6) is 0 Å². The molecule has 5 heteroatoms. The molecule has 0 radical (unpaired) electrons. The average molecular weight is 281 g/mol. The summed E-state index contributed by atoms with van der Waals surface area (Å²) < 4.78 is 2.00. The van der Waals surface area contributed by atoms with Gasteiger partial charge in [-0.15, -0.1) is 0 Å². The summed E-state index contributed by atoms with van der Waals surface area (Å²) in [6.45, 7) is 5.18. The van der Waals surface area contributed by atoms with Gasteiger partial charge in [-0.2, -0.15) is 11.8 Å². The monoisotopic (exact) mass is 281 g/mol. The summed E-state index contributed by atoms with van der Waals surface area (Å²) in [7, 11) is 0. The number of hydrogen-bond acceptors (Lipinski definition) is 4. The van der Waals surface area contributed by atoms with Gasteiger partial charge in [-0.1, -0.05) is 13.8 Å². The fourth-order valence-electron chi connectivity index (χ4n) is 2.29. The Balaban J connectivity index is 2.11. The Morgan fingerprint density at radius 3 is 2.68 bits per heavy atom. The third-order valence-corrected chi connectivity index (χ3v) is 5.70. The Kier molecular flexibility index (Phi) is 4.55. The van der Waals surface area contributed by atoms with Crippen LogP contribution in [0.1, 0.15) is 45.6 Å². The smallest absolute Gasteiger partial charge is 0.293 e. The first-order valence-corrected chi connectivity index (χ1v) is 8.24. The summed E-state index contributed by atoms with van der Waals surface area (Å²) >= 11 is 1.87. The summed E-state index contributed by atoms with van der Waals surface area (Å²) in [5.41, 5.74) is 0.0206. The van der Waals surface area contributed by atoms with Crippen molar-refractivity contribution >= 4 is 17.6 Å². The molecule has 0 saturated heterocycles. The summed E-state index contributed by atoms with van der Waals surface area (Å²) in [6, 6.07) is 0.402. The van der Waals surface area contributed by atoms with E-state index in [0.29, 0.717) is 11.9 Å². The lowest BCUT2D eigenvalue weighted by Crippen LogP contribution is -2.34. The van der Waals surface area contributed by atoms with E-state index in [-0.39, 0.29) is 10.3 Å². The molecule has 0 unspecified atom stereocenters. The van der Waals surface area contributed by atoms with Gasteiger partial charge in [-0.25, -0.2) is 4.98 Å². The van der Waals surface area contributed by atoms with Crippen molar-refractivity contribution in [2.24, 2.45) is 0 Å². The number of nitrogens with zero attached hydrogens (tertiary/aromatic N) is 2. The molecule has 0 aliphatic heterocycles. The van der Waals surface area contributed by atoms with Gasteiger partial charge in [-0.3, -0.25) is 4.79 Å². The van der Waals surface area contributed by atoms with Gasteiger partial charge in [-0.05, 0) is 31.9 Å². The summed E-state index contributed by atoms with van der Waals surface area (Å²) in [5.74, 6) is 0.495. The largest absolute Gasteiger partial charge is 0.364 e. The first-order valence-electron chi connectivity index (χ1n) is 7.02. The SMILES string of the molecule is CCC(CC)(CNc1nccn(C2CC2)c1=O)SC. The van der Waals surface area contributed by atoms with Gasteiger partial charge in [0.15, 0.2) is 5.82 Å². The molecule has 1 aromatic rings. The van der Waals surface area contributed by atoms with Crippen molar-refractivity contribution in [3.05, 3.63) is 22.7 Å². The second-order valence-corrected chi connectivity index (χ2v) is 6.44. The number of nitrogens with one attached hydrogen (secondary N) is 1. The Morgan fingerprint density at radius 1 is 1.47 bits per heavy atom. The van der Waals surface area contributed by atoms with Gasteiger partial charge in [0.1, 0.15) is 0 Å². The van der Waals surface area contributed by atoms with E-state index in [9.17, 15) is 4.79 Å². The molecule has 0 atom stereocenters. The third-order valence-electron chi connectivity index (χ3n) is 4.11. The van der Waals surface area contributed by atoms with Crippen LogP contribution in [-0.2, 0) is 0 Å². The average Bonchev–Trinajstić information content (AvgIpc) is 3.27. The summed E-state index contributed by atoms with van der Waals surface area (Å²) in [4.78, 5) is 16.5. The van der Waals surface area contributed by atoms with Gasteiger partial charge < -0.3 is 9.88 Å². The molecule has 4 nitrogen and oxygen atoms in total. The molecule has 1 aromatic heterocycles. The minimum atomic E-state index is 0.0206. The summed E-state index contributed by atoms with van der Waals surface area (Å²) in [5, 5.41) is 3.26. The molecule has 2 rings (SSSR count). The van der Waals surface area contributed by atoms with Crippen molar-refractivity contribution in [1.29, 1.82) is 0 Å². The van der Waals surface area contributed by atoms with Crippen molar-refractivity contribution in [3.63, 3.8) is 0 Å². The zero-order valence-corrected chi connectivity index (χ0v) is 12.8. The standard InChI is InChI=1S/C14H23N3OS/c1-4-14(5-2,19-3)10-16-12-13(18)17(9-8-15-12)11-6-7-11/h8-9,11H,4-7,10H2,1-3H3,(H,15,16). The highest BCUT2D eigenvalue weighted by atomic mass is 32.2. The van der Waals surface area contributed by atoms with Crippen LogP contribution in [0.4, 0.5) is 5.82 Å². The normalized spacial score (nSPS) is 15.5. The molecule has 1 fully saturated rings. The molecular weight excluding hydrogens is 258 g/mol. The fraction of sp³-hybridized carbons (Fsp3) is 0.714. The highest BCUT2D eigenvalue weighted by molar-refractivity contribution is 8.00. The zero-order valence-electron chi connectivity index (χ0n) is 12.0. The van der Waals surface area contributed by atoms with Crippen LogP contribution in [0, 0.1) is 0 Å². The van der Waals surface area contributed by atoms with Crippen LogP contribution in [0.15, 0.2) is 17.2 Å². The lowest BCUT2D eigenvalue weighted by Gasteiger charge is -2.29. The van der Waals surface area contributed by atoms with Gasteiger partial charge >= 0.3 is 0 Å². The first-order chi connectivity index (χ1) is 9.15. The molecule has 1 aliphatic carbocycles. The van der Waals surface area contributed by atoms with Gasteiger partial charge in [0.2, 0.25) is 0 Å². The summed E-state index contributed by atoms with van der Waals surface area (Å²) in [6.07, 6.45) is 10.1. The van der Waals surface area contributed by atoms with E-state index in [1.165, 1.54) is 0 Å². The van der Waals surface area contributed by atoms with Gasteiger partial charge in [0, 0.05) is 29.7 Å². The topological polar surface area (TPSA) is 46.9 Å². The van der Waals surface area contributed by atoms with Crippen LogP contribution in [0.2, 0.25) is 0 Å². The minimum absolute atomic E-state index is 0.0206. The van der Waals surface area contributed by atoms with E-state index in [0.717, 1.165) is 32.2 Å². The Hall–Kier alpha value is -0.970. The van der Waals surface area contributed by atoms with E-state index in [4.69, 9.17) is 0 Å². The maximum atomic E-state index is 12.3. The van der Waals surface area contributed by atoms with Gasteiger partial charge in [0.25, 0.3) is 5.56 Å². The number of rotatable bonds is 7. The fourth-order valence-corrected chi connectivity index (χ4v) is 3.09. The number of anilines is 1. The molecule has 106 valence electrons. The second kappa shape index (κ2) is 5.99. The predicted molar refractivity (Wildman–Crippen MR) is 82.1 cm³/mol. The van der Waals surface area contributed by atoms with E-state index >= 15 is 0 Å². The van der Waals surface area contributed by atoms with Crippen LogP contribution in [0.3, 0.4) is 0 Å². The van der Waals surface area contributed by atoms with E-state index in [2.05, 4.69) is 30.4 Å². The molecule has 1 saturated carbocycles. The molecule has 0 amide bonds. The molecule has 0 aromatic carbocycles. The van der Waals surface area contributed by atoms with E-state index in [1.807, 2.05) is 16.3 Å².